The molecule has 1 aromatic carbocycles. The normalized spacial score (nSPS) is 12.0. The highest BCUT2D eigenvalue weighted by Crippen LogP contribution is 2.08. The van der Waals surface area contributed by atoms with Crippen LogP contribution in [-0.4, -0.2) is 38.1 Å². The lowest BCUT2D eigenvalue weighted by atomic mass is 10.0. The SMILES string of the molecule is COCCNC(=O)[C@@H](NC(=O)c1ccccc1F)C(C)C. The summed E-state index contributed by atoms with van der Waals surface area (Å²) in [6, 6.07) is 4.93. The average Bonchev–Trinajstić information content (AvgIpc) is 2.44. The summed E-state index contributed by atoms with van der Waals surface area (Å²) in [6.45, 7) is 4.36. The van der Waals surface area contributed by atoms with E-state index in [2.05, 4.69) is 10.6 Å². The first-order valence-corrected chi connectivity index (χ1v) is 6.79. The zero-order valence-corrected chi connectivity index (χ0v) is 12.5. The van der Waals surface area contributed by atoms with Crippen LogP contribution in [0.4, 0.5) is 4.39 Å². The summed E-state index contributed by atoms with van der Waals surface area (Å²) in [4.78, 5) is 24.1. The van der Waals surface area contributed by atoms with Crippen LogP contribution in [0, 0.1) is 11.7 Å². The van der Waals surface area contributed by atoms with E-state index < -0.39 is 17.8 Å². The third-order valence-corrected chi connectivity index (χ3v) is 2.96. The Bertz CT molecular complexity index is 492. The molecule has 1 rings (SSSR count). The Balaban J connectivity index is 2.72. The first-order valence-electron chi connectivity index (χ1n) is 6.79. The Morgan fingerprint density at radius 1 is 1.29 bits per heavy atom. The van der Waals surface area contributed by atoms with Gasteiger partial charge in [0.15, 0.2) is 0 Å². The Morgan fingerprint density at radius 2 is 1.95 bits per heavy atom. The van der Waals surface area contributed by atoms with Gasteiger partial charge in [0, 0.05) is 13.7 Å². The summed E-state index contributed by atoms with van der Waals surface area (Å²) in [7, 11) is 1.53. The predicted octanol–water partition coefficient (Wildman–Crippen LogP) is 1.34. The van der Waals surface area contributed by atoms with Crippen LogP contribution in [0.5, 0.6) is 0 Å². The first-order chi connectivity index (χ1) is 9.97. The summed E-state index contributed by atoms with van der Waals surface area (Å²) in [5.41, 5.74) is -0.0761. The van der Waals surface area contributed by atoms with Gasteiger partial charge in [-0.2, -0.15) is 0 Å². The number of nitrogens with one attached hydrogen (secondary N) is 2. The molecule has 21 heavy (non-hydrogen) atoms. The number of methoxy groups -OCH3 is 1. The van der Waals surface area contributed by atoms with Crippen LogP contribution in [0.1, 0.15) is 24.2 Å². The second kappa shape index (κ2) is 8.36. The minimum absolute atomic E-state index is 0.0761. The minimum atomic E-state index is -0.728. The number of hydrogen-bond donors (Lipinski definition) is 2. The van der Waals surface area contributed by atoms with Gasteiger partial charge in [-0.05, 0) is 18.1 Å². The molecule has 1 aromatic rings. The van der Waals surface area contributed by atoms with Gasteiger partial charge in [-0.3, -0.25) is 9.59 Å². The van der Waals surface area contributed by atoms with E-state index in [1.807, 2.05) is 13.8 Å². The van der Waals surface area contributed by atoms with E-state index in [9.17, 15) is 14.0 Å². The van der Waals surface area contributed by atoms with Gasteiger partial charge in [0.1, 0.15) is 11.9 Å². The van der Waals surface area contributed by atoms with E-state index in [0.29, 0.717) is 13.2 Å². The molecule has 116 valence electrons. The van der Waals surface area contributed by atoms with Crippen molar-refractivity contribution in [2.45, 2.75) is 19.9 Å². The number of amides is 2. The number of hydrogen-bond acceptors (Lipinski definition) is 3. The summed E-state index contributed by atoms with van der Waals surface area (Å²) >= 11 is 0. The van der Waals surface area contributed by atoms with Crippen molar-refractivity contribution in [3.05, 3.63) is 35.6 Å². The smallest absolute Gasteiger partial charge is 0.254 e. The maximum absolute atomic E-state index is 13.6. The van der Waals surface area contributed by atoms with Crippen LogP contribution in [0.15, 0.2) is 24.3 Å². The van der Waals surface area contributed by atoms with Crippen LogP contribution >= 0.6 is 0 Å². The quantitative estimate of drug-likeness (QED) is 0.746. The minimum Gasteiger partial charge on any atom is -0.383 e. The van der Waals surface area contributed by atoms with E-state index in [1.165, 1.54) is 25.3 Å². The number of rotatable bonds is 7. The highest BCUT2D eigenvalue weighted by Gasteiger charge is 2.25. The molecule has 5 nitrogen and oxygen atoms in total. The fourth-order valence-electron chi connectivity index (χ4n) is 1.79. The molecule has 0 aliphatic heterocycles. The van der Waals surface area contributed by atoms with Crippen LogP contribution < -0.4 is 10.6 Å². The van der Waals surface area contributed by atoms with Crippen molar-refractivity contribution in [3.63, 3.8) is 0 Å². The lowest BCUT2D eigenvalue weighted by molar-refractivity contribution is -0.124. The predicted molar refractivity (Wildman–Crippen MR) is 77.4 cm³/mol. The van der Waals surface area contributed by atoms with E-state index >= 15 is 0 Å². The summed E-state index contributed by atoms with van der Waals surface area (Å²) in [5, 5.41) is 5.23. The summed E-state index contributed by atoms with van der Waals surface area (Å²) in [6.07, 6.45) is 0. The molecule has 1 atom stereocenters. The van der Waals surface area contributed by atoms with Crippen LogP contribution in [0.3, 0.4) is 0 Å². The summed E-state index contributed by atoms with van der Waals surface area (Å²) < 4.78 is 18.4. The molecule has 0 unspecified atom stereocenters. The molecular weight excluding hydrogens is 275 g/mol. The van der Waals surface area contributed by atoms with Crippen LogP contribution in [0.25, 0.3) is 0 Å². The molecule has 6 heteroatoms. The number of carbonyl (C=O) groups excluding carboxylic acids is 2. The maximum atomic E-state index is 13.6. The molecule has 0 aliphatic carbocycles. The van der Waals surface area contributed by atoms with Gasteiger partial charge in [-0.25, -0.2) is 4.39 Å². The molecule has 0 heterocycles. The van der Waals surface area contributed by atoms with Gasteiger partial charge in [-0.1, -0.05) is 26.0 Å². The van der Waals surface area contributed by atoms with Gasteiger partial charge in [-0.15, -0.1) is 0 Å². The molecule has 0 aromatic heterocycles. The zero-order valence-electron chi connectivity index (χ0n) is 12.5. The van der Waals surface area contributed by atoms with Crippen molar-refractivity contribution >= 4 is 11.8 Å². The lowest BCUT2D eigenvalue weighted by Gasteiger charge is -2.21. The Morgan fingerprint density at radius 3 is 2.52 bits per heavy atom. The van der Waals surface area contributed by atoms with Crippen molar-refractivity contribution in [1.82, 2.24) is 10.6 Å². The second-order valence-electron chi connectivity index (χ2n) is 4.96. The van der Waals surface area contributed by atoms with Crippen molar-refractivity contribution in [2.24, 2.45) is 5.92 Å². The fourth-order valence-corrected chi connectivity index (χ4v) is 1.79. The molecule has 2 N–H and O–H groups in total. The van der Waals surface area contributed by atoms with Crippen LogP contribution in [-0.2, 0) is 9.53 Å². The topological polar surface area (TPSA) is 67.4 Å². The number of ether oxygens (including phenoxy) is 1. The fraction of sp³-hybridized carbons (Fsp3) is 0.467. The Labute approximate surface area is 123 Å². The third-order valence-electron chi connectivity index (χ3n) is 2.96. The molecular formula is C15H21FN2O3. The largest absolute Gasteiger partial charge is 0.383 e. The van der Waals surface area contributed by atoms with Crippen molar-refractivity contribution in [3.8, 4) is 0 Å². The molecule has 0 aliphatic rings. The average molecular weight is 296 g/mol. The zero-order chi connectivity index (χ0) is 15.8. The van der Waals surface area contributed by atoms with E-state index in [0.717, 1.165) is 0 Å². The van der Waals surface area contributed by atoms with Gasteiger partial charge in [0.2, 0.25) is 5.91 Å². The highest BCUT2D eigenvalue weighted by molar-refractivity contribution is 5.97. The Hall–Kier alpha value is -1.95. The van der Waals surface area contributed by atoms with Gasteiger partial charge in [0.25, 0.3) is 5.91 Å². The van der Waals surface area contributed by atoms with Gasteiger partial charge < -0.3 is 15.4 Å². The number of halogens is 1. The van der Waals surface area contributed by atoms with E-state index in [4.69, 9.17) is 4.74 Å². The third kappa shape index (κ3) is 5.15. The number of carbonyl (C=O) groups is 2. The molecule has 2 amide bonds. The standard InChI is InChI=1S/C15H21FN2O3/c1-10(2)13(15(20)17-8-9-21-3)18-14(19)11-6-4-5-7-12(11)16/h4-7,10,13H,8-9H2,1-3H3,(H,17,20)(H,18,19)/t13-/m0/s1. The molecule has 0 radical (unpaired) electrons. The second-order valence-corrected chi connectivity index (χ2v) is 4.96. The molecule has 0 fully saturated rings. The van der Waals surface area contributed by atoms with Crippen LogP contribution in [0.2, 0.25) is 0 Å². The summed E-state index contributed by atoms with van der Waals surface area (Å²) in [5.74, 6) is -1.65. The molecule has 0 saturated carbocycles. The van der Waals surface area contributed by atoms with Crippen molar-refractivity contribution in [1.29, 1.82) is 0 Å². The van der Waals surface area contributed by atoms with E-state index in [-0.39, 0.29) is 17.4 Å². The van der Waals surface area contributed by atoms with E-state index in [1.54, 1.807) is 6.07 Å². The maximum Gasteiger partial charge on any atom is 0.254 e. The molecule has 0 saturated heterocycles. The Kier molecular flexibility index (Phi) is 6.81. The first kappa shape index (κ1) is 17.1. The molecule has 0 spiro atoms. The number of benzene rings is 1. The highest BCUT2D eigenvalue weighted by atomic mass is 19.1. The van der Waals surface area contributed by atoms with Gasteiger partial charge >= 0.3 is 0 Å². The monoisotopic (exact) mass is 296 g/mol. The van der Waals surface area contributed by atoms with Crippen molar-refractivity contribution < 1.29 is 18.7 Å². The van der Waals surface area contributed by atoms with Crippen molar-refractivity contribution in [2.75, 3.05) is 20.3 Å². The molecule has 0 bridgehead atoms. The van der Waals surface area contributed by atoms with Gasteiger partial charge in [0.05, 0.1) is 12.2 Å². The lowest BCUT2D eigenvalue weighted by Crippen LogP contribution is -2.50.